The molecule has 0 radical (unpaired) electrons. The first kappa shape index (κ1) is 20.1. The Bertz CT molecular complexity index is 520. The normalized spacial score (nSPS) is 11.6. The second kappa shape index (κ2) is 10.8. The molecule has 0 aromatic heterocycles. The van der Waals surface area contributed by atoms with Crippen LogP contribution in [0.5, 0.6) is 0 Å². The fraction of sp³-hybridized carbons (Fsp3) is 0.462. The first-order valence-electron chi connectivity index (χ1n) is 6.53. The highest BCUT2D eigenvalue weighted by Crippen LogP contribution is 1.96. The second-order valence-corrected chi connectivity index (χ2v) is 6.23. The summed E-state index contributed by atoms with van der Waals surface area (Å²) in [6.07, 6.45) is 0. The summed E-state index contributed by atoms with van der Waals surface area (Å²) >= 11 is 0. The van der Waals surface area contributed by atoms with E-state index in [2.05, 4.69) is 20.3 Å². The zero-order chi connectivity index (χ0) is 14.8. The average molecular weight is 426 g/mol. The van der Waals surface area contributed by atoms with Crippen LogP contribution in [0.4, 0.5) is 0 Å². The van der Waals surface area contributed by atoms with Gasteiger partial charge in [0.05, 0.1) is 5.75 Å². The van der Waals surface area contributed by atoms with E-state index in [0.717, 1.165) is 5.56 Å². The van der Waals surface area contributed by atoms with Crippen LogP contribution < -0.4 is 15.4 Å². The number of aliphatic imine (C=N–C) groups is 1. The number of sulfonamides is 1. The van der Waals surface area contributed by atoms with E-state index >= 15 is 0 Å². The number of rotatable bonds is 7. The van der Waals surface area contributed by atoms with E-state index in [4.69, 9.17) is 0 Å². The molecule has 0 unspecified atom stereocenters. The van der Waals surface area contributed by atoms with Gasteiger partial charge in [-0.05, 0) is 12.5 Å². The van der Waals surface area contributed by atoms with Gasteiger partial charge in [-0.1, -0.05) is 30.3 Å². The lowest BCUT2D eigenvalue weighted by Gasteiger charge is -2.12. The maximum atomic E-state index is 11.2. The summed E-state index contributed by atoms with van der Waals surface area (Å²) in [5.74, 6) is 0.734. The molecule has 0 saturated carbocycles. The van der Waals surface area contributed by atoms with Crippen molar-refractivity contribution in [1.82, 2.24) is 15.4 Å². The molecule has 0 amide bonds. The van der Waals surface area contributed by atoms with Gasteiger partial charge in [-0.3, -0.25) is 4.99 Å². The monoisotopic (exact) mass is 426 g/mol. The minimum Gasteiger partial charge on any atom is -0.355 e. The van der Waals surface area contributed by atoms with Gasteiger partial charge >= 0.3 is 0 Å². The van der Waals surface area contributed by atoms with Gasteiger partial charge < -0.3 is 10.6 Å². The van der Waals surface area contributed by atoms with E-state index < -0.39 is 10.0 Å². The molecule has 1 rings (SSSR count). The lowest BCUT2D eigenvalue weighted by Crippen LogP contribution is -2.41. The Hall–Kier alpha value is -0.870. The van der Waals surface area contributed by atoms with Crippen LogP contribution in [0.25, 0.3) is 0 Å². The maximum absolute atomic E-state index is 11.2. The Labute approximate surface area is 143 Å². The van der Waals surface area contributed by atoms with E-state index in [-0.39, 0.29) is 29.7 Å². The molecule has 8 heteroatoms. The SMILES string of the molecule is CCS(=O)(=O)NCCNC(=NC)NCc1ccccc1.I. The summed E-state index contributed by atoms with van der Waals surface area (Å²) < 4.78 is 25.0. The van der Waals surface area contributed by atoms with E-state index in [1.54, 1.807) is 14.0 Å². The number of nitrogens with zero attached hydrogens (tertiary/aromatic N) is 1. The third kappa shape index (κ3) is 8.89. The highest BCUT2D eigenvalue weighted by atomic mass is 127. The maximum Gasteiger partial charge on any atom is 0.211 e. The minimum absolute atomic E-state index is 0. The van der Waals surface area contributed by atoms with Gasteiger partial charge in [0.1, 0.15) is 0 Å². The van der Waals surface area contributed by atoms with Gasteiger partial charge in [0.25, 0.3) is 0 Å². The topological polar surface area (TPSA) is 82.6 Å². The Morgan fingerprint density at radius 3 is 2.38 bits per heavy atom. The Balaban J connectivity index is 0.00000400. The highest BCUT2D eigenvalue weighted by molar-refractivity contribution is 14.0. The van der Waals surface area contributed by atoms with Crippen LogP contribution in [0, 0.1) is 0 Å². The zero-order valence-corrected chi connectivity index (χ0v) is 15.4. The van der Waals surface area contributed by atoms with Crippen LogP contribution >= 0.6 is 24.0 Å². The van der Waals surface area contributed by atoms with E-state index in [9.17, 15) is 8.42 Å². The first-order chi connectivity index (χ1) is 9.57. The van der Waals surface area contributed by atoms with Crippen LogP contribution in [0.3, 0.4) is 0 Å². The van der Waals surface area contributed by atoms with Gasteiger partial charge in [-0.25, -0.2) is 13.1 Å². The molecule has 1 aromatic rings. The van der Waals surface area contributed by atoms with Crippen LogP contribution in [0.2, 0.25) is 0 Å². The summed E-state index contributed by atoms with van der Waals surface area (Å²) in [6.45, 7) is 3.09. The van der Waals surface area contributed by atoms with Gasteiger partial charge in [0.15, 0.2) is 5.96 Å². The molecule has 21 heavy (non-hydrogen) atoms. The predicted octanol–water partition coefficient (Wildman–Crippen LogP) is 0.909. The Morgan fingerprint density at radius 2 is 1.81 bits per heavy atom. The molecular formula is C13H23IN4O2S. The molecule has 0 spiro atoms. The number of hydrogen-bond acceptors (Lipinski definition) is 3. The van der Waals surface area contributed by atoms with Crippen molar-refractivity contribution in [2.75, 3.05) is 25.9 Å². The van der Waals surface area contributed by atoms with Crippen molar-refractivity contribution in [3.8, 4) is 0 Å². The molecule has 3 N–H and O–H groups in total. The lowest BCUT2D eigenvalue weighted by atomic mass is 10.2. The predicted molar refractivity (Wildman–Crippen MR) is 97.5 cm³/mol. The number of nitrogens with one attached hydrogen (secondary N) is 3. The summed E-state index contributed by atoms with van der Waals surface area (Å²) in [6, 6.07) is 9.97. The van der Waals surface area contributed by atoms with Crippen molar-refractivity contribution in [2.45, 2.75) is 13.5 Å². The molecule has 0 aliphatic heterocycles. The molecule has 0 atom stereocenters. The number of halogens is 1. The van der Waals surface area contributed by atoms with Crippen molar-refractivity contribution in [1.29, 1.82) is 0 Å². The van der Waals surface area contributed by atoms with Crippen molar-refractivity contribution in [3.63, 3.8) is 0 Å². The molecule has 120 valence electrons. The summed E-state index contributed by atoms with van der Waals surface area (Å²) in [5.41, 5.74) is 1.15. The van der Waals surface area contributed by atoms with Crippen LogP contribution in [0.1, 0.15) is 12.5 Å². The molecular weight excluding hydrogens is 403 g/mol. The molecule has 0 aliphatic carbocycles. The smallest absolute Gasteiger partial charge is 0.211 e. The average Bonchev–Trinajstić information content (AvgIpc) is 2.47. The van der Waals surface area contributed by atoms with Crippen molar-refractivity contribution in [2.24, 2.45) is 4.99 Å². The van der Waals surface area contributed by atoms with Gasteiger partial charge in [-0.15, -0.1) is 24.0 Å². The van der Waals surface area contributed by atoms with Crippen molar-refractivity contribution in [3.05, 3.63) is 35.9 Å². The van der Waals surface area contributed by atoms with Crippen LogP contribution in [-0.4, -0.2) is 40.3 Å². The number of guanidine groups is 1. The molecule has 0 aliphatic rings. The third-order valence-corrected chi connectivity index (χ3v) is 4.05. The van der Waals surface area contributed by atoms with E-state index in [0.29, 0.717) is 25.6 Å². The highest BCUT2D eigenvalue weighted by Gasteiger charge is 2.04. The van der Waals surface area contributed by atoms with Crippen molar-refractivity contribution >= 4 is 40.0 Å². The van der Waals surface area contributed by atoms with E-state index in [1.807, 2.05) is 30.3 Å². The molecule has 1 aromatic carbocycles. The zero-order valence-electron chi connectivity index (χ0n) is 12.3. The van der Waals surface area contributed by atoms with E-state index in [1.165, 1.54) is 0 Å². The summed E-state index contributed by atoms with van der Waals surface area (Å²) in [5, 5.41) is 6.21. The molecule has 0 heterocycles. The number of benzene rings is 1. The van der Waals surface area contributed by atoms with Crippen molar-refractivity contribution < 1.29 is 8.42 Å². The fourth-order valence-corrected chi connectivity index (χ4v) is 2.11. The van der Waals surface area contributed by atoms with Crippen LogP contribution in [0.15, 0.2) is 35.3 Å². The standard InChI is InChI=1S/C13H22N4O2S.HI/c1-3-20(18,19)17-10-9-15-13(14-2)16-11-12-7-5-4-6-8-12;/h4-8,17H,3,9-11H2,1-2H3,(H2,14,15,16);1H. The molecule has 0 fully saturated rings. The number of hydrogen-bond donors (Lipinski definition) is 3. The largest absolute Gasteiger partial charge is 0.355 e. The molecule has 6 nitrogen and oxygen atoms in total. The summed E-state index contributed by atoms with van der Waals surface area (Å²) in [4.78, 5) is 4.07. The molecule has 0 bridgehead atoms. The third-order valence-electron chi connectivity index (χ3n) is 2.65. The fourth-order valence-electron chi connectivity index (χ4n) is 1.49. The van der Waals surface area contributed by atoms with Crippen LogP contribution in [-0.2, 0) is 16.6 Å². The Kier molecular flexibility index (Phi) is 10.4. The molecule has 0 saturated heterocycles. The van der Waals surface area contributed by atoms with Gasteiger partial charge in [0, 0.05) is 26.7 Å². The summed E-state index contributed by atoms with van der Waals surface area (Å²) in [7, 11) is -1.45. The second-order valence-electron chi connectivity index (χ2n) is 4.14. The van der Waals surface area contributed by atoms with Gasteiger partial charge in [0.2, 0.25) is 10.0 Å². The first-order valence-corrected chi connectivity index (χ1v) is 8.18. The quantitative estimate of drug-likeness (QED) is 0.262. The Morgan fingerprint density at radius 1 is 1.14 bits per heavy atom. The minimum atomic E-state index is -3.13. The lowest BCUT2D eigenvalue weighted by molar-refractivity contribution is 0.582. The van der Waals surface area contributed by atoms with Gasteiger partial charge in [-0.2, -0.15) is 0 Å².